The number of fused-ring (bicyclic) bond motifs is 1. The van der Waals surface area contributed by atoms with Gasteiger partial charge in [0.1, 0.15) is 18.9 Å². The molecule has 0 saturated heterocycles. The first-order valence-electron chi connectivity index (χ1n) is 9.65. The average molecular weight is 423 g/mol. The Kier molecular flexibility index (Phi) is 6.02. The van der Waals surface area contributed by atoms with Gasteiger partial charge in [-0.25, -0.2) is 4.98 Å². The minimum Gasteiger partial charge on any atom is -0.473 e. The van der Waals surface area contributed by atoms with E-state index in [4.69, 9.17) is 18.6 Å². The van der Waals surface area contributed by atoms with Gasteiger partial charge in [-0.3, -0.25) is 9.59 Å². The maximum atomic E-state index is 12.3. The summed E-state index contributed by atoms with van der Waals surface area (Å²) in [5.41, 5.74) is 2.10. The Balaban J connectivity index is 1.27. The maximum Gasteiger partial charge on any atom is 0.255 e. The van der Waals surface area contributed by atoms with Gasteiger partial charge in [0, 0.05) is 18.8 Å². The number of carbonyl (C=O) groups excluding carboxylic acids is 2. The Morgan fingerprint density at radius 2 is 2.00 bits per heavy atom. The summed E-state index contributed by atoms with van der Waals surface area (Å²) in [6.45, 7) is 2.42. The van der Waals surface area contributed by atoms with Crippen molar-refractivity contribution in [3.05, 3.63) is 71.8 Å². The molecule has 3 heterocycles. The number of carbonyl (C=O) groups is 2. The van der Waals surface area contributed by atoms with E-state index >= 15 is 0 Å². The molecule has 0 bridgehead atoms. The molecule has 0 radical (unpaired) electrons. The molecule has 9 heteroatoms. The molecule has 9 nitrogen and oxygen atoms in total. The first-order chi connectivity index (χ1) is 15.1. The largest absolute Gasteiger partial charge is 0.473 e. The van der Waals surface area contributed by atoms with Crippen molar-refractivity contribution in [2.24, 2.45) is 0 Å². The molecule has 4 rings (SSSR count). The van der Waals surface area contributed by atoms with Crippen molar-refractivity contribution in [2.75, 3.05) is 6.79 Å². The van der Waals surface area contributed by atoms with E-state index < -0.39 is 6.04 Å². The number of nitrogens with one attached hydrogen (secondary N) is 2. The highest BCUT2D eigenvalue weighted by Gasteiger charge is 2.17. The first-order valence-corrected chi connectivity index (χ1v) is 9.65. The van der Waals surface area contributed by atoms with Crippen LogP contribution in [0.2, 0.25) is 0 Å². The summed E-state index contributed by atoms with van der Waals surface area (Å²) in [6, 6.07) is 9.97. The van der Waals surface area contributed by atoms with Crippen molar-refractivity contribution in [1.29, 1.82) is 0 Å². The van der Waals surface area contributed by atoms with Gasteiger partial charge in [-0.2, -0.15) is 0 Å². The lowest BCUT2D eigenvalue weighted by atomic mass is 10.2. The highest BCUT2D eigenvalue weighted by atomic mass is 16.7. The number of hydrogen-bond donors (Lipinski definition) is 2. The molecule has 160 valence electrons. The second kappa shape index (κ2) is 9.21. The van der Waals surface area contributed by atoms with E-state index in [1.807, 2.05) is 18.2 Å². The van der Waals surface area contributed by atoms with Crippen LogP contribution in [0.3, 0.4) is 0 Å². The van der Waals surface area contributed by atoms with Crippen LogP contribution in [0.5, 0.6) is 17.4 Å². The Bertz CT molecular complexity index is 1070. The second-order valence-corrected chi connectivity index (χ2v) is 6.90. The SMILES string of the molecule is C[C@@H](NC(=O)c1ccoc1)C(=O)NCc1ccnc(OCc2ccc3c(c2)OCO3)c1. The van der Waals surface area contributed by atoms with Gasteiger partial charge in [0.25, 0.3) is 5.91 Å². The molecule has 1 aromatic carbocycles. The highest BCUT2D eigenvalue weighted by Crippen LogP contribution is 2.32. The topological polar surface area (TPSA) is 112 Å². The second-order valence-electron chi connectivity index (χ2n) is 6.90. The smallest absolute Gasteiger partial charge is 0.255 e. The zero-order valence-electron chi connectivity index (χ0n) is 16.8. The van der Waals surface area contributed by atoms with Gasteiger partial charge in [-0.05, 0) is 42.3 Å². The van der Waals surface area contributed by atoms with E-state index in [2.05, 4.69) is 15.6 Å². The van der Waals surface area contributed by atoms with E-state index in [1.54, 1.807) is 25.3 Å². The normalized spacial score (nSPS) is 12.8. The van der Waals surface area contributed by atoms with Gasteiger partial charge in [-0.15, -0.1) is 0 Å². The summed E-state index contributed by atoms with van der Waals surface area (Å²) in [4.78, 5) is 28.5. The Morgan fingerprint density at radius 1 is 1.13 bits per heavy atom. The lowest BCUT2D eigenvalue weighted by molar-refractivity contribution is -0.122. The molecular weight excluding hydrogens is 402 g/mol. The number of nitrogens with zero attached hydrogens (tertiary/aromatic N) is 1. The molecule has 2 N–H and O–H groups in total. The summed E-state index contributed by atoms with van der Waals surface area (Å²) in [5.74, 6) is 1.16. The van der Waals surface area contributed by atoms with Crippen molar-refractivity contribution in [3.63, 3.8) is 0 Å². The fraction of sp³-hybridized carbons (Fsp3) is 0.227. The van der Waals surface area contributed by atoms with Gasteiger partial charge in [0.05, 0.1) is 11.8 Å². The minimum absolute atomic E-state index is 0.223. The van der Waals surface area contributed by atoms with Crippen LogP contribution in [0.15, 0.2) is 59.5 Å². The molecule has 0 aliphatic carbocycles. The summed E-state index contributed by atoms with van der Waals surface area (Å²) in [5, 5.41) is 5.41. The fourth-order valence-electron chi connectivity index (χ4n) is 2.91. The van der Waals surface area contributed by atoms with Gasteiger partial charge < -0.3 is 29.3 Å². The minimum atomic E-state index is -0.703. The number of aromatic nitrogens is 1. The molecule has 1 atom stereocenters. The quantitative estimate of drug-likeness (QED) is 0.572. The number of pyridine rings is 1. The summed E-state index contributed by atoms with van der Waals surface area (Å²) in [7, 11) is 0. The van der Waals surface area contributed by atoms with Crippen LogP contribution in [0.25, 0.3) is 0 Å². The Labute approximate surface area is 178 Å². The molecule has 3 aromatic rings. The lowest BCUT2D eigenvalue weighted by Crippen LogP contribution is -2.44. The van der Waals surface area contributed by atoms with Gasteiger partial charge in [-0.1, -0.05) is 6.07 Å². The molecule has 31 heavy (non-hydrogen) atoms. The van der Waals surface area contributed by atoms with Crippen LogP contribution in [-0.4, -0.2) is 29.6 Å². The molecule has 0 spiro atoms. The third-order valence-corrected chi connectivity index (χ3v) is 4.61. The summed E-state index contributed by atoms with van der Waals surface area (Å²) >= 11 is 0. The lowest BCUT2D eigenvalue weighted by Gasteiger charge is -2.14. The van der Waals surface area contributed by atoms with E-state index in [1.165, 1.54) is 18.6 Å². The van der Waals surface area contributed by atoms with Gasteiger partial charge in [0.2, 0.25) is 18.6 Å². The van der Waals surface area contributed by atoms with Gasteiger partial charge >= 0.3 is 0 Å². The van der Waals surface area contributed by atoms with Crippen LogP contribution in [-0.2, 0) is 17.9 Å². The average Bonchev–Trinajstić information content (AvgIpc) is 3.48. The Morgan fingerprint density at radius 3 is 2.84 bits per heavy atom. The molecule has 0 saturated carbocycles. The first kappa shape index (κ1) is 20.3. The number of rotatable bonds is 8. The van der Waals surface area contributed by atoms with Crippen LogP contribution in [0, 0.1) is 0 Å². The van der Waals surface area contributed by atoms with Crippen LogP contribution < -0.4 is 24.8 Å². The third-order valence-electron chi connectivity index (χ3n) is 4.61. The molecule has 2 amide bonds. The number of amides is 2. The van der Waals surface area contributed by atoms with Crippen molar-refractivity contribution >= 4 is 11.8 Å². The zero-order chi connectivity index (χ0) is 21.6. The van der Waals surface area contributed by atoms with E-state index in [-0.39, 0.29) is 25.2 Å². The number of ether oxygens (including phenoxy) is 3. The van der Waals surface area contributed by atoms with E-state index in [0.29, 0.717) is 23.8 Å². The zero-order valence-corrected chi connectivity index (χ0v) is 16.8. The molecule has 2 aromatic heterocycles. The standard InChI is InChI=1S/C22H21N3O6/c1-14(25-22(27)17-5-7-28-12-17)21(26)24-10-15-4-6-23-20(9-15)29-11-16-2-3-18-19(8-16)31-13-30-18/h2-9,12,14H,10-11,13H2,1H3,(H,24,26)(H,25,27)/t14-/m1/s1. The number of furan rings is 1. The van der Waals surface area contributed by atoms with E-state index in [0.717, 1.165) is 16.9 Å². The van der Waals surface area contributed by atoms with Crippen LogP contribution in [0.4, 0.5) is 0 Å². The van der Waals surface area contributed by atoms with E-state index in [9.17, 15) is 9.59 Å². The predicted octanol–water partition coefficient (Wildman–Crippen LogP) is 2.42. The fourth-order valence-corrected chi connectivity index (χ4v) is 2.91. The van der Waals surface area contributed by atoms with Crippen molar-refractivity contribution in [1.82, 2.24) is 15.6 Å². The number of hydrogen-bond acceptors (Lipinski definition) is 7. The molecule has 1 aliphatic rings. The van der Waals surface area contributed by atoms with Crippen molar-refractivity contribution < 1.29 is 28.2 Å². The summed E-state index contributed by atoms with van der Waals surface area (Å²) in [6.07, 6.45) is 4.33. The highest BCUT2D eigenvalue weighted by molar-refractivity contribution is 5.97. The summed E-state index contributed by atoms with van der Waals surface area (Å²) < 4.78 is 21.3. The van der Waals surface area contributed by atoms with Crippen molar-refractivity contribution in [3.8, 4) is 17.4 Å². The van der Waals surface area contributed by atoms with Gasteiger partial charge in [0.15, 0.2) is 11.5 Å². The van der Waals surface area contributed by atoms with Crippen LogP contribution >= 0.6 is 0 Å². The van der Waals surface area contributed by atoms with Crippen molar-refractivity contribution in [2.45, 2.75) is 26.1 Å². The number of benzene rings is 1. The maximum absolute atomic E-state index is 12.3. The molecule has 1 aliphatic heterocycles. The third kappa shape index (κ3) is 5.13. The molecule has 0 fully saturated rings. The van der Waals surface area contributed by atoms with Crippen LogP contribution in [0.1, 0.15) is 28.4 Å². The Hall–Kier alpha value is -4.01. The molecule has 0 unspecified atom stereocenters. The molecular formula is C22H21N3O6. The monoisotopic (exact) mass is 423 g/mol. The predicted molar refractivity (Wildman–Crippen MR) is 109 cm³/mol.